The molecule has 2 amide bonds. The first kappa shape index (κ1) is 14.9. The number of imide groups is 1. The zero-order valence-corrected chi connectivity index (χ0v) is 14.0. The standard InChI is InChI=1S/C20H20N2O3/c1-10(23)11-3-2-4-12(7-11)21-9-22-19(24)17-13-5-6-14(16-8-15(13)16)18(17)20(22)25/h2-7,13-18,21H,8-9H2,1H3/t13-,14-,15-,16+,17-,18-/m1/s1. The zero-order valence-electron chi connectivity index (χ0n) is 14.0. The van der Waals surface area contributed by atoms with Crippen LogP contribution >= 0.6 is 0 Å². The van der Waals surface area contributed by atoms with Crippen molar-refractivity contribution in [2.45, 2.75) is 13.3 Å². The van der Waals surface area contributed by atoms with Crippen molar-refractivity contribution in [3.63, 3.8) is 0 Å². The van der Waals surface area contributed by atoms with Gasteiger partial charge in [0.2, 0.25) is 11.8 Å². The normalized spacial score (nSPS) is 37.1. The summed E-state index contributed by atoms with van der Waals surface area (Å²) in [5, 5.41) is 3.14. The minimum absolute atomic E-state index is 0.00938. The summed E-state index contributed by atoms with van der Waals surface area (Å²) < 4.78 is 0. The highest BCUT2D eigenvalue weighted by molar-refractivity contribution is 6.06. The van der Waals surface area contributed by atoms with Gasteiger partial charge in [-0.1, -0.05) is 24.3 Å². The molecule has 5 aliphatic rings. The van der Waals surface area contributed by atoms with E-state index in [9.17, 15) is 14.4 Å². The molecule has 5 nitrogen and oxygen atoms in total. The summed E-state index contributed by atoms with van der Waals surface area (Å²) in [5.74, 6) is 1.36. The Morgan fingerprint density at radius 3 is 2.36 bits per heavy atom. The Hall–Kier alpha value is -2.43. The Morgan fingerprint density at radius 2 is 1.76 bits per heavy atom. The van der Waals surface area contributed by atoms with E-state index in [1.165, 1.54) is 18.2 Å². The number of allylic oxidation sites excluding steroid dienone is 2. The fourth-order valence-electron chi connectivity index (χ4n) is 5.19. The molecule has 1 aromatic carbocycles. The Morgan fingerprint density at radius 1 is 1.12 bits per heavy atom. The van der Waals surface area contributed by atoms with Gasteiger partial charge in [-0.25, -0.2) is 0 Å². The summed E-state index contributed by atoms with van der Waals surface area (Å²) in [7, 11) is 0. The SMILES string of the molecule is CC(=O)c1cccc(NCN2C(=O)[C@@H]3[C@@H]4C=C[C@H]([C@@H]5C[C@H]45)[C@H]3C2=O)c1. The number of amides is 2. The second kappa shape index (κ2) is 5.04. The van der Waals surface area contributed by atoms with Crippen molar-refractivity contribution in [3.8, 4) is 0 Å². The number of carbonyl (C=O) groups is 3. The third-order valence-corrected chi connectivity index (χ3v) is 6.46. The number of nitrogens with one attached hydrogen (secondary N) is 1. The summed E-state index contributed by atoms with van der Waals surface area (Å²) >= 11 is 0. The summed E-state index contributed by atoms with van der Waals surface area (Å²) in [6.45, 7) is 1.69. The van der Waals surface area contributed by atoms with E-state index < -0.39 is 0 Å². The molecule has 6 rings (SSSR count). The zero-order chi connectivity index (χ0) is 17.3. The number of rotatable bonds is 4. The third-order valence-electron chi connectivity index (χ3n) is 6.46. The van der Waals surface area contributed by atoms with Crippen LogP contribution in [0.25, 0.3) is 0 Å². The van der Waals surface area contributed by atoms with Gasteiger partial charge in [0.25, 0.3) is 0 Å². The Labute approximate surface area is 146 Å². The number of hydrogen-bond acceptors (Lipinski definition) is 4. The van der Waals surface area contributed by atoms with Crippen LogP contribution in [0.15, 0.2) is 36.4 Å². The van der Waals surface area contributed by atoms with Crippen LogP contribution in [0.2, 0.25) is 0 Å². The molecule has 1 aromatic rings. The monoisotopic (exact) mass is 336 g/mol. The third kappa shape index (κ3) is 2.04. The molecule has 1 saturated heterocycles. The first-order valence-electron chi connectivity index (χ1n) is 8.94. The van der Waals surface area contributed by atoms with E-state index in [0.29, 0.717) is 17.4 Å². The Bertz CT molecular complexity index is 794. The van der Waals surface area contributed by atoms with E-state index in [1.807, 2.05) is 6.07 Å². The molecule has 6 atom stereocenters. The fourth-order valence-corrected chi connectivity index (χ4v) is 5.19. The van der Waals surface area contributed by atoms with Crippen molar-refractivity contribution in [1.29, 1.82) is 0 Å². The lowest BCUT2D eigenvalue weighted by Gasteiger charge is -2.37. The van der Waals surface area contributed by atoms with E-state index in [-0.39, 0.29) is 47.9 Å². The van der Waals surface area contributed by atoms with E-state index in [4.69, 9.17) is 0 Å². The average Bonchev–Trinajstić information content (AvgIpc) is 3.39. The first-order valence-corrected chi connectivity index (χ1v) is 8.94. The largest absolute Gasteiger partial charge is 0.367 e. The molecule has 4 aliphatic carbocycles. The predicted octanol–water partition coefficient (Wildman–Crippen LogP) is 2.31. The van der Waals surface area contributed by atoms with Gasteiger partial charge in [0.05, 0.1) is 18.5 Å². The lowest BCUT2D eigenvalue weighted by molar-refractivity contribution is -0.139. The van der Waals surface area contributed by atoms with E-state index in [2.05, 4.69) is 17.5 Å². The second-order valence-electron chi connectivity index (χ2n) is 7.73. The molecule has 2 saturated carbocycles. The maximum atomic E-state index is 12.9. The highest BCUT2D eigenvalue weighted by Gasteiger charge is 2.66. The molecule has 0 spiro atoms. The van der Waals surface area contributed by atoms with E-state index in [1.54, 1.807) is 18.2 Å². The maximum absolute atomic E-state index is 12.9. The number of Topliss-reactive ketones (excluding diaryl/α,β-unsaturated/α-hetero) is 1. The number of carbonyl (C=O) groups excluding carboxylic acids is 3. The molecule has 0 aromatic heterocycles. The highest BCUT2D eigenvalue weighted by atomic mass is 16.2. The topological polar surface area (TPSA) is 66.5 Å². The Balaban J connectivity index is 1.34. The summed E-state index contributed by atoms with van der Waals surface area (Å²) in [6.07, 6.45) is 5.53. The van der Waals surface area contributed by atoms with Crippen molar-refractivity contribution in [2.75, 3.05) is 12.0 Å². The molecule has 0 radical (unpaired) electrons. The quantitative estimate of drug-likeness (QED) is 0.520. The Kier molecular flexibility index (Phi) is 3.00. The molecular formula is C20H20N2O3. The summed E-state index contributed by atoms with van der Waals surface area (Å²) in [4.78, 5) is 38.6. The van der Waals surface area contributed by atoms with Crippen molar-refractivity contribution in [3.05, 3.63) is 42.0 Å². The van der Waals surface area contributed by atoms with Crippen LogP contribution in [0.1, 0.15) is 23.7 Å². The van der Waals surface area contributed by atoms with Gasteiger partial charge < -0.3 is 5.32 Å². The molecule has 25 heavy (non-hydrogen) atoms. The van der Waals surface area contributed by atoms with Crippen molar-refractivity contribution < 1.29 is 14.4 Å². The van der Waals surface area contributed by atoms with Gasteiger partial charge in [-0.15, -0.1) is 0 Å². The van der Waals surface area contributed by atoms with Gasteiger partial charge in [-0.05, 0) is 49.1 Å². The molecule has 1 aliphatic heterocycles. The summed E-state index contributed by atoms with van der Waals surface area (Å²) in [6, 6.07) is 7.14. The smallest absolute Gasteiger partial charge is 0.235 e. The van der Waals surface area contributed by atoms with E-state index in [0.717, 1.165) is 5.69 Å². The van der Waals surface area contributed by atoms with E-state index >= 15 is 0 Å². The van der Waals surface area contributed by atoms with Crippen LogP contribution in [0.3, 0.4) is 0 Å². The van der Waals surface area contributed by atoms with Gasteiger partial charge >= 0.3 is 0 Å². The molecule has 1 N–H and O–H groups in total. The highest BCUT2D eigenvalue weighted by Crippen LogP contribution is 2.65. The maximum Gasteiger partial charge on any atom is 0.235 e. The molecule has 1 heterocycles. The average molecular weight is 336 g/mol. The second-order valence-corrected chi connectivity index (χ2v) is 7.73. The van der Waals surface area contributed by atoms with Crippen LogP contribution in [-0.2, 0) is 9.59 Å². The molecule has 128 valence electrons. The number of nitrogens with zero attached hydrogens (tertiary/aromatic N) is 1. The molecule has 5 heteroatoms. The first-order chi connectivity index (χ1) is 12.1. The van der Waals surface area contributed by atoms with Crippen LogP contribution in [-0.4, -0.2) is 29.2 Å². The predicted molar refractivity (Wildman–Crippen MR) is 91.5 cm³/mol. The number of ketones is 1. The molecular weight excluding hydrogens is 316 g/mol. The number of benzene rings is 1. The lowest BCUT2D eigenvalue weighted by atomic mass is 9.63. The van der Waals surface area contributed by atoms with Crippen LogP contribution in [0.5, 0.6) is 0 Å². The van der Waals surface area contributed by atoms with Gasteiger partial charge in [0, 0.05) is 11.3 Å². The lowest BCUT2D eigenvalue weighted by Crippen LogP contribution is -2.40. The number of likely N-dealkylation sites (tertiary alicyclic amines) is 1. The van der Waals surface area contributed by atoms with Gasteiger partial charge in [0.1, 0.15) is 0 Å². The minimum atomic E-state index is -0.156. The van der Waals surface area contributed by atoms with Crippen LogP contribution in [0, 0.1) is 35.5 Å². The fraction of sp³-hybridized carbons (Fsp3) is 0.450. The number of hydrogen-bond donors (Lipinski definition) is 1. The minimum Gasteiger partial charge on any atom is -0.367 e. The molecule has 0 unspecified atom stereocenters. The van der Waals surface area contributed by atoms with Crippen molar-refractivity contribution in [2.24, 2.45) is 35.5 Å². The van der Waals surface area contributed by atoms with Gasteiger partial charge in [-0.3, -0.25) is 19.3 Å². The number of anilines is 1. The van der Waals surface area contributed by atoms with Crippen molar-refractivity contribution in [1.82, 2.24) is 4.90 Å². The molecule has 3 fully saturated rings. The molecule has 2 bridgehead atoms. The van der Waals surface area contributed by atoms with Gasteiger partial charge in [-0.2, -0.15) is 0 Å². The van der Waals surface area contributed by atoms with Crippen molar-refractivity contribution >= 4 is 23.3 Å². The van der Waals surface area contributed by atoms with Crippen LogP contribution < -0.4 is 5.32 Å². The van der Waals surface area contributed by atoms with Crippen LogP contribution in [0.4, 0.5) is 5.69 Å². The van der Waals surface area contributed by atoms with Gasteiger partial charge in [0.15, 0.2) is 5.78 Å². The summed E-state index contributed by atoms with van der Waals surface area (Å²) in [5.41, 5.74) is 1.35.